The molecule has 29 heavy (non-hydrogen) atoms. The van der Waals surface area contributed by atoms with Crippen LogP contribution in [0.25, 0.3) is 10.8 Å². The zero-order valence-electron chi connectivity index (χ0n) is 16.2. The summed E-state index contributed by atoms with van der Waals surface area (Å²) in [6.45, 7) is 1.76. The van der Waals surface area contributed by atoms with Crippen LogP contribution < -0.4 is 11.1 Å². The number of rotatable bonds is 7. The molecule has 3 aromatic rings. The quantitative estimate of drug-likeness (QED) is 0.583. The maximum Gasteiger partial charge on any atom is 0.328 e. The number of hydrogen-bond acceptors (Lipinski definition) is 4. The molecule has 0 aliphatic carbocycles. The van der Waals surface area contributed by atoms with Gasteiger partial charge in [0.15, 0.2) is 0 Å². The largest absolute Gasteiger partial charge is 0.459 e. The Morgan fingerprint density at radius 1 is 0.931 bits per heavy atom. The molecular formula is C23H25ClN2O3. The molecule has 0 fully saturated rings. The molecule has 0 heterocycles. The summed E-state index contributed by atoms with van der Waals surface area (Å²) in [6.07, 6.45) is 0.391. The van der Waals surface area contributed by atoms with Crippen molar-refractivity contribution in [1.29, 1.82) is 0 Å². The summed E-state index contributed by atoms with van der Waals surface area (Å²) >= 11 is 0. The number of benzene rings is 3. The van der Waals surface area contributed by atoms with E-state index in [9.17, 15) is 9.59 Å². The molecule has 0 spiro atoms. The fourth-order valence-corrected chi connectivity index (χ4v) is 2.95. The molecule has 5 nitrogen and oxygen atoms in total. The van der Waals surface area contributed by atoms with E-state index in [4.69, 9.17) is 10.5 Å². The molecule has 3 N–H and O–H groups in total. The van der Waals surface area contributed by atoms with Gasteiger partial charge in [-0.3, -0.25) is 4.79 Å². The van der Waals surface area contributed by atoms with Gasteiger partial charge < -0.3 is 15.8 Å². The standard InChI is InChI=1S/C23H24N2O3.ClH/c1-16(23(27)28-15-17-7-3-2-4-8-17)25-22(26)21(24)14-18-11-12-19-9-5-6-10-20(19)13-18;/h2-13,16,21H,14-15,24H2,1H3,(H,25,26);1H/t16-,21+;/m0./s1. The molecule has 0 aromatic heterocycles. The number of ether oxygens (including phenoxy) is 1. The highest BCUT2D eigenvalue weighted by Gasteiger charge is 2.21. The Hall–Kier alpha value is -2.89. The molecule has 2 atom stereocenters. The predicted molar refractivity (Wildman–Crippen MR) is 117 cm³/mol. The topological polar surface area (TPSA) is 81.4 Å². The van der Waals surface area contributed by atoms with Gasteiger partial charge in [0.1, 0.15) is 12.6 Å². The maximum atomic E-state index is 12.4. The minimum absolute atomic E-state index is 0. The molecule has 3 rings (SSSR count). The molecule has 0 aliphatic rings. The van der Waals surface area contributed by atoms with Gasteiger partial charge in [0.05, 0.1) is 6.04 Å². The molecule has 0 aliphatic heterocycles. The summed E-state index contributed by atoms with van der Waals surface area (Å²) in [5.41, 5.74) is 7.91. The highest BCUT2D eigenvalue weighted by atomic mass is 35.5. The molecule has 0 saturated heterocycles. The van der Waals surface area contributed by atoms with Gasteiger partial charge in [0, 0.05) is 0 Å². The second kappa shape index (κ2) is 10.6. The zero-order chi connectivity index (χ0) is 19.9. The fraction of sp³-hybridized carbons (Fsp3) is 0.217. The smallest absolute Gasteiger partial charge is 0.328 e. The van der Waals surface area contributed by atoms with Crippen LogP contribution in [0.2, 0.25) is 0 Å². The van der Waals surface area contributed by atoms with Crippen molar-refractivity contribution in [2.24, 2.45) is 5.73 Å². The lowest BCUT2D eigenvalue weighted by molar-refractivity contribution is -0.148. The summed E-state index contributed by atoms with van der Waals surface area (Å²) in [5, 5.41) is 4.87. The first-order chi connectivity index (χ1) is 13.5. The van der Waals surface area contributed by atoms with Crippen LogP contribution in [0.1, 0.15) is 18.1 Å². The van der Waals surface area contributed by atoms with Crippen molar-refractivity contribution >= 4 is 35.1 Å². The zero-order valence-corrected chi connectivity index (χ0v) is 17.0. The van der Waals surface area contributed by atoms with E-state index in [1.807, 2.05) is 72.8 Å². The Morgan fingerprint density at radius 2 is 1.59 bits per heavy atom. The average Bonchev–Trinajstić information content (AvgIpc) is 2.72. The number of fused-ring (bicyclic) bond motifs is 1. The van der Waals surface area contributed by atoms with Crippen LogP contribution in [-0.2, 0) is 27.4 Å². The van der Waals surface area contributed by atoms with E-state index in [2.05, 4.69) is 5.32 Å². The first-order valence-electron chi connectivity index (χ1n) is 9.27. The number of carbonyl (C=O) groups excluding carboxylic acids is 2. The summed E-state index contributed by atoms with van der Waals surface area (Å²) in [7, 11) is 0. The van der Waals surface area contributed by atoms with Crippen molar-refractivity contribution in [3.8, 4) is 0 Å². The van der Waals surface area contributed by atoms with Crippen LogP contribution in [-0.4, -0.2) is 24.0 Å². The van der Waals surface area contributed by atoms with Gasteiger partial charge >= 0.3 is 5.97 Å². The predicted octanol–water partition coefficient (Wildman–Crippen LogP) is 3.38. The third kappa shape index (κ3) is 6.31. The van der Waals surface area contributed by atoms with Crippen LogP contribution in [0.5, 0.6) is 0 Å². The van der Waals surface area contributed by atoms with Gasteiger partial charge in [0.2, 0.25) is 5.91 Å². The SMILES string of the molecule is C[C@H](NC(=O)[C@H](N)Cc1ccc2ccccc2c1)C(=O)OCc1ccccc1.Cl. The lowest BCUT2D eigenvalue weighted by Crippen LogP contribution is -2.48. The van der Waals surface area contributed by atoms with Gasteiger partial charge in [-0.1, -0.05) is 72.8 Å². The van der Waals surface area contributed by atoms with Crippen molar-refractivity contribution in [1.82, 2.24) is 5.32 Å². The van der Waals surface area contributed by atoms with Gasteiger partial charge in [-0.25, -0.2) is 4.79 Å². The number of nitrogens with one attached hydrogen (secondary N) is 1. The highest BCUT2D eigenvalue weighted by Crippen LogP contribution is 2.16. The second-order valence-electron chi connectivity index (χ2n) is 6.82. The van der Waals surface area contributed by atoms with Gasteiger partial charge in [-0.05, 0) is 35.2 Å². The van der Waals surface area contributed by atoms with E-state index in [0.29, 0.717) is 6.42 Å². The van der Waals surface area contributed by atoms with E-state index >= 15 is 0 Å². The van der Waals surface area contributed by atoms with Crippen molar-refractivity contribution in [2.45, 2.75) is 32.0 Å². The number of esters is 1. The maximum absolute atomic E-state index is 12.4. The van der Waals surface area contributed by atoms with Crippen LogP contribution in [0.4, 0.5) is 0 Å². The lowest BCUT2D eigenvalue weighted by Gasteiger charge is -2.17. The monoisotopic (exact) mass is 412 g/mol. The fourth-order valence-electron chi connectivity index (χ4n) is 2.95. The van der Waals surface area contributed by atoms with Gasteiger partial charge in [0.25, 0.3) is 0 Å². The Labute approximate surface area is 176 Å². The number of hydrogen-bond donors (Lipinski definition) is 2. The Balaban J connectivity index is 0.00000300. The van der Waals surface area contributed by atoms with Gasteiger partial charge in [-0.15, -0.1) is 12.4 Å². The minimum Gasteiger partial charge on any atom is -0.459 e. The first-order valence-corrected chi connectivity index (χ1v) is 9.27. The average molecular weight is 413 g/mol. The molecule has 152 valence electrons. The molecule has 1 amide bonds. The minimum atomic E-state index is -0.765. The third-order valence-corrected chi connectivity index (χ3v) is 4.54. The normalized spacial score (nSPS) is 12.5. The van der Waals surface area contributed by atoms with E-state index in [1.54, 1.807) is 6.92 Å². The summed E-state index contributed by atoms with van der Waals surface area (Å²) in [5.74, 6) is -0.868. The van der Waals surface area contributed by atoms with E-state index in [-0.39, 0.29) is 24.9 Å². The molecular weight excluding hydrogens is 388 g/mol. The molecule has 0 bridgehead atoms. The molecule has 3 aromatic carbocycles. The van der Waals surface area contributed by atoms with Crippen LogP contribution in [0, 0.1) is 0 Å². The molecule has 6 heteroatoms. The van der Waals surface area contributed by atoms with Crippen LogP contribution in [0.15, 0.2) is 72.8 Å². The lowest BCUT2D eigenvalue weighted by atomic mass is 10.0. The molecule has 0 radical (unpaired) electrons. The summed E-state index contributed by atoms with van der Waals surface area (Å²) < 4.78 is 5.24. The van der Waals surface area contributed by atoms with Gasteiger partial charge in [-0.2, -0.15) is 0 Å². The number of carbonyl (C=O) groups is 2. The second-order valence-corrected chi connectivity index (χ2v) is 6.82. The van der Waals surface area contributed by atoms with E-state index in [1.165, 1.54) is 0 Å². The van der Waals surface area contributed by atoms with Crippen LogP contribution in [0.3, 0.4) is 0 Å². The summed E-state index contributed by atoms with van der Waals surface area (Å²) in [4.78, 5) is 24.5. The highest BCUT2D eigenvalue weighted by molar-refractivity contribution is 5.88. The number of halogens is 1. The molecule has 0 unspecified atom stereocenters. The molecule has 0 saturated carbocycles. The van der Waals surface area contributed by atoms with Crippen molar-refractivity contribution in [3.05, 3.63) is 83.9 Å². The summed E-state index contributed by atoms with van der Waals surface area (Å²) in [6, 6.07) is 21.9. The Morgan fingerprint density at radius 3 is 2.31 bits per heavy atom. The van der Waals surface area contributed by atoms with Crippen molar-refractivity contribution in [3.63, 3.8) is 0 Å². The third-order valence-electron chi connectivity index (χ3n) is 4.54. The Bertz CT molecular complexity index is 963. The van der Waals surface area contributed by atoms with Crippen LogP contribution >= 0.6 is 12.4 Å². The van der Waals surface area contributed by atoms with Crippen molar-refractivity contribution < 1.29 is 14.3 Å². The van der Waals surface area contributed by atoms with E-state index in [0.717, 1.165) is 21.9 Å². The Kier molecular flexibility index (Phi) is 8.19. The first kappa shape index (κ1) is 22.4. The van der Waals surface area contributed by atoms with E-state index < -0.39 is 18.1 Å². The van der Waals surface area contributed by atoms with Crippen molar-refractivity contribution in [2.75, 3.05) is 0 Å². The number of nitrogens with two attached hydrogens (primary N) is 1. The number of amides is 1.